The Morgan fingerprint density at radius 3 is 2.50 bits per heavy atom. The van der Waals surface area contributed by atoms with Crippen LogP contribution < -0.4 is 5.32 Å². The van der Waals surface area contributed by atoms with E-state index < -0.39 is 0 Å². The van der Waals surface area contributed by atoms with Crippen LogP contribution in [0.4, 0.5) is 10.2 Å². The SMILES string of the molecule is Oc1ncccc1-c1ccc(NCC2(c3ncccc3F)CCC2)nn1. The first-order valence-corrected chi connectivity index (χ1v) is 8.51. The van der Waals surface area contributed by atoms with E-state index in [9.17, 15) is 9.50 Å². The van der Waals surface area contributed by atoms with E-state index in [1.54, 1.807) is 36.5 Å². The Morgan fingerprint density at radius 1 is 1.04 bits per heavy atom. The van der Waals surface area contributed by atoms with Gasteiger partial charge in [-0.25, -0.2) is 9.37 Å². The quantitative estimate of drug-likeness (QED) is 0.734. The molecule has 1 saturated carbocycles. The predicted octanol–water partition coefficient (Wildman–Crippen LogP) is 3.31. The normalized spacial score (nSPS) is 15.3. The summed E-state index contributed by atoms with van der Waals surface area (Å²) in [4.78, 5) is 8.10. The van der Waals surface area contributed by atoms with Crippen LogP contribution in [0.3, 0.4) is 0 Å². The second-order valence-corrected chi connectivity index (χ2v) is 6.50. The Morgan fingerprint density at radius 2 is 1.85 bits per heavy atom. The zero-order valence-electron chi connectivity index (χ0n) is 14.1. The number of hydrogen-bond donors (Lipinski definition) is 2. The topological polar surface area (TPSA) is 83.8 Å². The largest absolute Gasteiger partial charge is 0.493 e. The van der Waals surface area contributed by atoms with Crippen LogP contribution in [0, 0.1) is 5.82 Å². The number of nitrogens with zero attached hydrogens (tertiary/aromatic N) is 4. The standard InChI is InChI=1S/C19H18FN5O/c20-14-5-2-10-21-17(14)19(8-3-9-19)12-23-16-7-6-15(24-25-16)13-4-1-11-22-18(13)26/h1-2,4-7,10-11H,3,8-9,12H2,(H,22,26)(H,23,25). The van der Waals surface area contributed by atoms with Gasteiger partial charge in [0.25, 0.3) is 0 Å². The molecule has 7 heteroatoms. The van der Waals surface area contributed by atoms with Gasteiger partial charge in [0.1, 0.15) is 11.6 Å². The highest BCUT2D eigenvalue weighted by Gasteiger charge is 2.41. The van der Waals surface area contributed by atoms with Crippen molar-refractivity contribution in [2.75, 3.05) is 11.9 Å². The predicted molar refractivity (Wildman–Crippen MR) is 95.1 cm³/mol. The highest BCUT2D eigenvalue weighted by Crippen LogP contribution is 2.43. The van der Waals surface area contributed by atoms with Crippen molar-refractivity contribution in [2.45, 2.75) is 24.7 Å². The van der Waals surface area contributed by atoms with E-state index in [1.807, 2.05) is 0 Å². The molecule has 132 valence electrons. The van der Waals surface area contributed by atoms with Crippen LogP contribution in [0.15, 0.2) is 48.8 Å². The smallest absolute Gasteiger partial charge is 0.220 e. The van der Waals surface area contributed by atoms with Crippen LogP contribution in [0.2, 0.25) is 0 Å². The van der Waals surface area contributed by atoms with Gasteiger partial charge < -0.3 is 10.4 Å². The molecule has 0 spiro atoms. The summed E-state index contributed by atoms with van der Waals surface area (Å²) in [6.45, 7) is 0.549. The fourth-order valence-electron chi connectivity index (χ4n) is 3.30. The van der Waals surface area contributed by atoms with E-state index in [4.69, 9.17) is 0 Å². The van der Waals surface area contributed by atoms with Gasteiger partial charge in [-0.05, 0) is 49.2 Å². The Labute approximate surface area is 150 Å². The summed E-state index contributed by atoms with van der Waals surface area (Å²) in [6.07, 6.45) is 5.99. The number of aromatic hydroxyl groups is 1. The van der Waals surface area contributed by atoms with Crippen molar-refractivity contribution >= 4 is 5.82 Å². The molecule has 0 bridgehead atoms. The summed E-state index contributed by atoms with van der Waals surface area (Å²) in [6, 6.07) is 10.1. The van der Waals surface area contributed by atoms with Gasteiger partial charge in [0.05, 0.1) is 17.0 Å². The van der Waals surface area contributed by atoms with Gasteiger partial charge in [-0.3, -0.25) is 4.98 Å². The average molecular weight is 351 g/mol. The Balaban J connectivity index is 1.50. The van der Waals surface area contributed by atoms with E-state index in [1.165, 1.54) is 12.3 Å². The fourth-order valence-corrected chi connectivity index (χ4v) is 3.30. The molecule has 3 aromatic rings. The zero-order chi connectivity index (χ0) is 18.0. The number of nitrogens with one attached hydrogen (secondary N) is 1. The second-order valence-electron chi connectivity index (χ2n) is 6.50. The van der Waals surface area contributed by atoms with Crippen molar-refractivity contribution in [3.63, 3.8) is 0 Å². The molecule has 0 aliphatic heterocycles. The molecule has 26 heavy (non-hydrogen) atoms. The first kappa shape index (κ1) is 16.4. The van der Waals surface area contributed by atoms with Gasteiger partial charge in [0.15, 0.2) is 0 Å². The first-order chi connectivity index (χ1) is 12.7. The van der Waals surface area contributed by atoms with Crippen molar-refractivity contribution in [3.05, 3.63) is 60.3 Å². The third-order valence-corrected chi connectivity index (χ3v) is 4.91. The molecule has 2 N–H and O–H groups in total. The number of rotatable bonds is 5. The number of aromatic nitrogens is 4. The monoisotopic (exact) mass is 351 g/mol. The molecule has 1 aliphatic carbocycles. The van der Waals surface area contributed by atoms with Crippen LogP contribution in [0.25, 0.3) is 11.3 Å². The maximum Gasteiger partial charge on any atom is 0.220 e. The fraction of sp³-hybridized carbons (Fsp3) is 0.263. The van der Waals surface area contributed by atoms with Crippen LogP contribution in [0.5, 0.6) is 5.88 Å². The van der Waals surface area contributed by atoms with E-state index in [2.05, 4.69) is 25.5 Å². The molecule has 3 aromatic heterocycles. The average Bonchev–Trinajstić information content (AvgIpc) is 2.63. The summed E-state index contributed by atoms with van der Waals surface area (Å²) in [5.41, 5.74) is 1.28. The third-order valence-electron chi connectivity index (χ3n) is 4.91. The Hall–Kier alpha value is -3.09. The molecule has 0 saturated heterocycles. The number of halogens is 1. The molecule has 0 radical (unpaired) electrons. The Bertz CT molecular complexity index is 912. The minimum absolute atomic E-state index is 0.0819. The van der Waals surface area contributed by atoms with Crippen LogP contribution in [0.1, 0.15) is 25.0 Å². The number of pyridine rings is 2. The molecule has 0 atom stereocenters. The van der Waals surface area contributed by atoms with Gasteiger partial charge in [0, 0.05) is 24.4 Å². The molecule has 0 amide bonds. The van der Waals surface area contributed by atoms with Crippen molar-refractivity contribution in [1.82, 2.24) is 20.2 Å². The summed E-state index contributed by atoms with van der Waals surface area (Å²) >= 11 is 0. The van der Waals surface area contributed by atoms with E-state index in [-0.39, 0.29) is 17.1 Å². The first-order valence-electron chi connectivity index (χ1n) is 8.51. The summed E-state index contributed by atoms with van der Waals surface area (Å²) < 4.78 is 14.2. The van der Waals surface area contributed by atoms with Gasteiger partial charge in [-0.2, -0.15) is 0 Å². The lowest BCUT2D eigenvalue weighted by Gasteiger charge is -2.41. The van der Waals surface area contributed by atoms with Crippen molar-refractivity contribution in [1.29, 1.82) is 0 Å². The number of anilines is 1. The maximum atomic E-state index is 14.2. The molecular weight excluding hydrogens is 333 g/mol. The van der Waals surface area contributed by atoms with Crippen LogP contribution in [-0.4, -0.2) is 31.8 Å². The number of hydrogen-bond acceptors (Lipinski definition) is 6. The maximum absolute atomic E-state index is 14.2. The van der Waals surface area contributed by atoms with E-state index in [0.29, 0.717) is 29.3 Å². The van der Waals surface area contributed by atoms with E-state index in [0.717, 1.165) is 19.3 Å². The highest BCUT2D eigenvalue weighted by molar-refractivity contribution is 5.64. The van der Waals surface area contributed by atoms with Crippen LogP contribution in [-0.2, 0) is 5.41 Å². The third kappa shape index (κ3) is 2.96. The lowest BCUT2D eigenvalue weighted by Crippen LogP contribution is -2.42. The van der Waals surface area contributed by atoms with E-state index >= 15 is 0 Å². The van der Waals surface area contributed by atoms with Gasteiger partial charge in [0.2, 0.25) is 5.88 Å². The molecule has 6 nitrogen and oxygen atoms in total. The summed E-state index contributed by atoms with van der Waals surface area (Å²) in [5, 5.41) is 21.3. The molecule has 4 rings (SSSR count). The van der Waals surface area contributed by atoms with Gasteiger partial charge in [-0.15, -0.1) is 10.2 Å². The van der Waals surface area contributed by atoms with Crippen molar-refractivity contribution in [2.24, 2.45) is 0 Å². The molecular formula is C19H18FN5O. The van der Waals surface area contributed by atoms with Gasteiger partial charge in [-0.1, -0.05) is 6.42 Å². The minimum atomic E-state index is -0.298. The zero-order valence-corrected chi connectivity index (χ0v) is 14.1. The second kappa shape index (κ2) is 6.67. The van der Waals surface area contributed by atoms with Gasteiger partial charge >= 0.3 is 0 Å². The molecule has 0 unspecified atom stereocenters. The molecule has 3 heterocycles. The minimum Gasteiger partial charge on any atom is -0.493 e. The van der Waals surface area contributed by atoms with Crippen LogP contribution >= 0.6 is 0 Å². The molecule has 1 aliphatic rings. The van der Waals surface area contributed by atoms with Crippen molar-refractivity contribution < 1.29 is 9.50 Å². The Kier molecular flexibility index (Phi) is 4.20. The molecule has 1 fully saturated rings. The van der Waals surface area contributed by atoms with Crippen molar-refractivity contribution in [3.8, 4) is 17.1 Å². The lowest BCUT2D eigenvalue weighted by molar-refractivity contribution is 0.243. The summed E-state index contributed by atoms with van der Waals surface area (Å²) in [5.74, 6) is 0.254. The molecule has 0 aromatic carbocycles. The summed E-state index contributed by atoms with van der Waals surface area (Å²) in [7, 11) is 0. The lowest BCUT2D eigenvalue weighted by atomic mass is 9.66. The highest BCUT2D eigenvalue weighted by atomic mass is 19.1.